The van der Waals surface area contributed by atoms with Crippen LogP contribution in [-0.2, 0) is 10.0 Å². The zero-order chi connectivity index (χ0) is 18.6. The molecule has 134 valence electrons. The molecule has 2 rings (SSSR count). The number of carbonyl (C=O) groups excluding carboxylic acids is 1. The van der Waals surface area contributed by atoms with E-state index < -0.39 is 10.0 Å². The van der Waals surface area contributed by atoms with Gasteiger partial charge in [0, 0.05) is 23.8 Å². The second-order valence-corrected chi connectivity index (χ2v) is 7.72. The van der Waals surface area contributed by atoms with Gasteiger partial charge < -0.3 is 11.1 Å². The van der Waals surface area contributed by atoms with Crippen LogP contribution in [0.15, 0.2) is 47.4 Å². The van der Waals surface area contributed by atoms with Gasteiger partial charge in [-0.1, -0.05) is 6.07 Å². The Balaban J connectivity index is 2.14. The fourth-order valence-corrected chi connectivity index (χ4v) is 3.29. The molecule has 7 heteroatoms. The Hall–Kier alpha value is -2.38. The van der Waals surface area contributed by atoms with Crippen LogP contribution in [0, 0.1) is 13.8 Å². The molecule has 0 saturated heterocycles. The Morgan fingerprint density at radius 1 is 1.08 bits per heavy atom. The van der Waals surface area contributed by atoms with Gasteiger partial charge in [-0.15, -0.1) is 0 Å². The molecule has 0 fully saturated rings. The van der Waals surface area contributed by atoms with Crippen LogP contribution in [0.4, 0.5) is 5.69 Å². The zero-order valence-corrected chi connectivity index (χ0v) is 15.4. The first-order valence-corrected chi connectivity index (χ1v) is 9.42. The van der Waals surface area contributed by atoms with Gasteiger partial charge in [0.05, 0.1) is 4.90 Å². The topological polar surface area (TPSA) is 101 Å². The highest BCUT2D eigenvalue weighted by Crippen LogP contribution is 2.19. The van der Waals surface area contributed by atoms with Crippen molar-refractivity contribution in [2.45, 2.75) is 31.7 Å². The maximum absolute atomic E-state index is 12.5. The van der Waals surface area contributed by atoms with Gasteiger partial charge >= 0.3 is 0 Å². The van der Waals surface area contributed by atoms with Crippen LogP contribution >= 0.6 is 0 Å². The number of rotatable bonds is 6. The lowest BCUT2D eigenvalue weighted by molar-refractivity contribution is 0.0941. The predicted octanol–water partition coefficient (Wildman–Crippen LogP) is 2.18. The van der Waals surface area contributed by atoms with Crippen molar-refractivity contribution in [3.05, 3.63) is 59.2 Å². The van der Waals surface area contributed by atoms with Crippen molar-refractivity contribution in [3.63, 3.8) is 0 Å². The fraction of sp³-hybridized carbons (Fsp3) is 0.278. The van der Waals surface area contributed by atoms with Crippen molar-refractivity contribution in [2.24, 2.45) is 5.73 Å². The highest BCUT2D eigenvalue weighted by Gasteiger charge is 2.15. The quantitative estimate of drug-likeness (QED) is 0.734. The molecule has 0 aliphatic carbocycles. The SMILES string of the molecule is Cc1ccc(S(=O)(=O)Nc2ccc(C(=O)N[C@@H](C)CN)cc2)cc1C. The van der Waals surface area contributed by atoms with Gasteiger partial charge in [0.2, 0.25) is 0 Å². The van der Waals surface area contributed by atoms with Gasteiger partial charge in [0.1, 0.15) is 0 Å². The molecule has 0 aliphatic heterocycles. The summed E-state index contributed by atoms with van der Waals surface area (Å²) in [5.41, 5.74) is 8.24. The first-order chi connectivity index (χ1) is 11.7. The number of hydrogen-bond donors (Lipinski definition) is 3. The van der Waals surface area contributed by atoms with E-state index in [1.165, 1.54) is 0 Å². The van der Waals surface area contributed by atoms with Crippen LogP contribution in [0.25, 0.3) is 0 Å². The third kappa shape index (κ3) is 4.80. The van der Waals surface area contributed by atoms with Crippen molar-refractivity contribution in [3.8, 4) is 0 Å². The molecule has 0 unspecified atom stereocenters. The number of nitrogens with one attached hydrogen (secondary N) is 2. The Bertz CT molecular complexity index is 862. The number of nitrogens with two attached hydrogens (primary N) is 1. The van der Waals surface area contributed by atoms with Crippen molar-refractivity contribution in [1.29, 1.82) is 0 Å². The van der Waals surface area contributed by atoms with Crippen molar-refractivity contribution in [1.82, 2.24) is 5.32 Å². The van der Waals surface area contributed by atoms with Crippen LogP contribution in [0.1, 0.15) is 28.4 Å². The summed E-state index contributed by atoms with van der Waals surface area (Å²) in [6.45, 7) is 5.95. The molecule has 0 aliphatic rings. The van der Waals surface area contributed by atoms with Crippen LogP contribution in [0.2, 0.25) is 0 Å². The summed E-state index contributed by atoms with van der Waals surface area (Å²) in [5, 5.41) is 2.75. The monoisotopic (exact) mass is 361 g/mol. The number of sulfonamides is 1. The Labute approximate surface area is 148 Å². The van der Waals surface area contributed by atoms with E-state index in [0.29, 0.717) is 17.8 Å². The maximum Gasteiger partial charge on any atom is 0.261 e. The minimum absolute atomic E-state index is 0.129. The van der Waals surface area contributed by atoms with E-state index >= 15 is 0 Å². The Morgan fingerprint density at radius 2 is 1.72 bits per heavy atom. The van der Waals surface area contributed by atoms with Gasteiger partial charge in [0.15, 0.2) is 0 Å². The Kier molecular flexibility index (Phi) is 5.81. The molecule has 0 radical (unpaired) electrons. The van der Waals surface area contributed by atoms with Crippen molar-refractivity contribution >= 4 is 21.6 Å². The summed E-state index contributed by atoms with van der Waals surface area (Å²) in [5.74, 6) is -0.249. The van der Waals surface area contributed by atoms with Gasteiger partial charge in [-0.2, -0.15) is 0 Å². The summed E-state index contributed by atoms with van der Waals surface area (Å²) in [7, 11) is -3.68. The molecular formula is C18H23N3O3S. The number of aryl methyl sites for hydroxylation is 2. The molecule has 6 nitrogen and oxygen atoms in total. The first kappa shape index (κ1) is 19.0. The zero-order valence-electron chi connectivity index (χ0n) is 14.5. The summed E-state index contributed by atoms with van der Waals surface area (Å²) in [6.07, 6.45) is 0. The van der Waals surface area contributed by atoms with E-state index in [1.807, 2.05) is 20.8 Å². The maximum atomic E-state index is 12.5. The molecule has 0 spiro atoms. The first-order valence-electron chi connectivity index (χ1n) is 7.94. The molecule has 1 amide bonds. The van der Waals surface area contributed by atoms with E-state index in [4.69, 9.17) is 5.73 Å². The smallest absolute Gasteiger partial charge is 0.261 e. The predicted molar refractivity (Wildman–Crippen MR) is 99.1 cm³/mol. The number of anilines is 1. The average Bonchev–Trinajstić information content (AvgIpc) is 2.57. The summed E-state index contributed by atoms with van der Waals surface area (Å²) in [4.78, 5) is 12.2. The standard InChI is InChI=1S/C18H23N3O3S/c1-12-4-9-17(10-13(12)2)25(23,24)21-16-7-5-15(6-8-16)18(22)20-14(3)11-19/h4-10,14,21H,11,19H2,1-3H3,(H,20,22)/t14-/m0/s1. The molecule has 4 N–H and O–H groups in total. The van der Waals surface area contributed by atoms with Crippen LogP contribution in [-0.4, -0.2) is 26.9 Å². The largest absolute Gasteiger partial charge is 0.348 e. The summed E-state index contributed by atoms with van der Waals surface area (Å²) in [6, 6.07) is 11.1. The fourth-order valence-electron chi connectivity index (χ4n) is 2.15. The average molecular weight is 361 g/mol. The molecule has 0 aromatic heterocycles. The van der Waals surface area contributed by atoms with E-state index in [0.717, 1.165) is 11.1 Å². The van der Waals surface area contributed by atoms with Gasteiger partial charge in [-0.05, 0) is 68.3 Å². The Morgan fingerprint density at radius 3 is 2.28 bits per heavy atom. The van der Waals surface area contributed by atoms with Crippen LogP contribution < -0.4 is 15.8 Å². The molecule has 2 aromatic rings. The minimum atomic E-state index is -3.68. The number of benzene rings is 2. The third-order valence-electron chi connectivity index (χ3n) is 3.92. The lowest BCUT2D eigenvalue weighted by Crippen LogP contribution is -2.37. The minimum Gasteiger partial charge on any atom is -0.348 e. The summed E-state index contributed by atoms with van der Waals surface area (Å²) >= 11 is 0. The third-order valence-corrected chi connectivity index (χ3v) is 5.30. The highest BCUT2D eigenvalue weighted by molar-refractivity contribution is 7.92. The number of amides is 1. The second-order valence-electron chi connectivity index (χ2n) is 6.04. The number of carbonyl (C=O) groups is 1. The molecule has 0 saturated carbocycles. The van der Waals surface area contributed by atoms with E-state index in [2.05, 4.69) is 10.0 Å². The molecule has 0 bridgehead atoms. The van der Waals surface area contributed by atoms with Gasteiger partial charge in [-0.3, -0.25) is 9.52 Å². The highest BCUT2D eigenvalue weighted by atomic mass is 32.2. The van der Waals surface area contributed by atoms with E-state index in [9.17, 15) is 13.2 Å². The molecule has 0 heterocycles. The molecule has 1 atom stereocenters. The lowest BCUT2D eigenvalue weighted by atomic mass is 10.1. The normalized spacial score (nSPS) is 12.5. The van der Waals surface area contributed by atoms with Crippen LogP contribution in [0.3, 0.4) is 0 Å². The second kappa shape index (κ2) is 7.67. The number of hydrogen-bond acceptors (Lipinski definition) is 4. The van der Waals surface area contributed by atoms with E-state index in [-0.39, 0.29) is 16.8 Å². The molecule has 2 aromatic carbocycles. The van der Waals surface area contributed by atoms with Crippen molar-refractivity contribution < 1.29 is 13.2 Å². The lowest BCUT2D eigenvalue weighted by Gasteiger charge is -2.12. The van der Waals surface area contributed by atoms with Crippen molar-refractivity contribution in [2.75, 3.05) is 11.3 Å². The molecular weight excluding hydrogens is 338 g/mol. The molecule has 25 heavy (non-hydrogen) atoms. The summed E-state index contributed by atoms with van der Waals surface area (Å²) < 4.78 is 27.4. The van der Waals surface area contributed by atoms with Gasteiger partial charge in [0.25, 0.3) is 15.9 Å². The van der Waals surface area contributed by atoms with Crippen LogP contribution in [0.5, 0.6) is 0 Å². The van der Waals surface area contributed by atoms with E-state index in [1.54, 1.807) is 42.5 Å². The van der Waals surface area contributed by atoms with Gasteiger partial charge in [-0.25, -0.2) is 8.42 Å².